The number of aryl methyl sites for hydroxylation is 1. The number of nitrogens with zero attached hydrogens (tertiary/aromatic N) is 1. The minimum Gasteiger partial charge on any atom is -0.412 e. The van der Waals surface area contributed by atoms with Gasteiger partial charge in [0, 0.05) is 6.54 Å². The molecule has 8 heteroatoms. The van der Waals surface area contributed by atoms with E-state index in [9.17, 15) is 18.0 Å². The first-order valence-electron chi connectivity index (χ1n) is 7.96. The first-order valence-corrected chi connectivity index (χ1v) is 9.62. The number of anilines is 1. The molecular weight excluding hydrogens is 356 g/mol. The number of fused-ring (bicyclic) bond motifs is 1. The van der Waals surface area contributed by atoms with E-state index in [2.05, 4.69) is 4.72 Å². The lowest BCUT2D eigenvalue weighted by Gasteiger charge is -2.15. The SMILES string of the molecule is CCc1ccccc1NS(=O)(=O)CCN1C(=O)c2ccccc2C1=O.O. The van der Waals surface area contributed by atoms with Crippen LogP contribution in [0.15, 0.2) is 48.5 Å². The number of imide groups is 1. The molecule has 0 fully saturated rings. The molecule has 0 aromatic heterocycles. The molecule has 1 aliphatic heterocycles. The molecule has 0 saturated heterocycles. The van der Waals surface area contributed by atoms with Gasteiger partial charge in [-0.05, 0) is 30.2 Å². The predicted molar refractivity (Wildman–Crippen MR) is 98.7 cm³/mol. The van der Waals surface area contributed by atoms with Gasteiger partial charge in [-0.2, -0.15) is 0 Å². The fourth-order valence-corrected chi connectivity index (χ4v) is 3.86. The summed E-state index contributed by atoms with van der Waals surface area (Å²) in [5.74, 6) is -1.26. The number of carbonyl (C=O) groups is 2. The van der Waals surface area contributed by atoms with Crippen LogP contribution in [0.5, 0.6) is 0 Å². The van der Waals surface area contributed by atoms with E-state index in [1.54, 1.807) is 36.4 Å². The van der Waals surface area contributed by atoms with Crippen LogP contribution in [0.2, 0.25) is 0 Å². The number of amides is 2. The highest BCUT2D eigenvalue weighted by Crippen LogP contribution is 2.22. The molecule has 0 atom stereocenters. The molecule has 0 bridgehead atoms. The molecule has 2 aromatic rings. The molecule has 0 unspecified atom stereocenters. The Morgan fingerprint density at radius 3 is 2.04 bits per heavy atom. The third-order valence-corrected chi connectivity index (χ3v) is 5.38. The maximum atomic E-state index is 12.4. The van der Waals surface area contributed by atoms with Gasteiger partial charge in [0.1, 0.15) is 0 Å². The third kappa shape index (κ3) is 3.76. The minimum absolute atomic E-state index is 0. The molecule has 1 heterocycles. The van der Waals surface area contributed by atoms with Crippen LogP contribution in [0.25, 0.3) is 0 Å². The fraction of sp³-hybridized carbons (Fsp3) is 0.222. The lowest BCUT2D eigenvalue weighted by molar-refractivity contribution is 0.0664. The summed E-state index contributed by atoms with van der Waals surface area (Å²) in [7, 11) is -3.68. The molecule has 1 aliphatic rings. The first-order chi connectivity index (χ1) is 11.9. The molecule has 0 radical (unpaired) electrons. The average Bonchev–Trinajstić information content (AvgIpc) is 2.85. The second-order valence-corrected chi connectivity index (χ2v) is 7.58. The Morgan fingerprint density at radius 2 is 1.46 bits per heavy atom. The highest BCUT2D eigenvalue weighted by atomic mass is 32.2. The second-order valence-electron chi connectivity index (χ2n) is 5.74. The van der Waals surface area contributed by atoms with Crippen LogP contribution < -0.4 is 4.72 Å². The Bertz CT molecular complexity index is 905. The zero-order chi connectivity index (χ0) is 18.0. The molecule has 0 aliphatic carbocycles. The maximum absolute atomic E-state index is 12.4. The van der Waals surface area contributed by atoms with Crippen LogP contribution >= 0.6 is 0 Å². The molecule has 0 saturated carbocycles. The summed E-state index contributed by atoms with van der Waals surface area (Å²) >= 11 is 0. The van der Waals surface area contributed by atoms with Crippen LogP contribution in [-0.4, -0.2) is 42.9 Å². The quantitative estimate of drug-likeness (QED) is 0.769. The number of rotatable bonds is 6. The molecule has 7 nitrogen and oxygen atoms in total. The number of benzene rings is 2. The number of para-hydroxylation sites is 1. The van der Waals surface area contributed by atoms with E-state index in [0.29, 0.717) is 23.2 Å². The smallest absolute Gasteiger partial charge is 0.261 e. The first kappa shape index (κ1) is 19.6. The summed E-state index contributed by atoms with van der Waals surface area (Å²) < 4.78 is 27.2. The number of hydrogen-bond donors (Lipinski definition) is 1. The van der Waals surface area contributed by atoms with E-state index in [1.807, 2.05) is 19.1 Å². The predicted octanol–water partition coefficient (Wildman–Crippen LogP) is 1.46. The third-order valence-electron chi connectivity index (χ3n) is 4.13. The maximum Gasteiger partial charge on any atom is 0.261 e. The van der Waals surface area contributed by atoms with Gasteiger partial charge in [-0.25, -0.2) is 8.42 Å². The average molecular weight is 376 g/mol. The zero-order valence-corrected chi connectivity index (χ0v) is 15.0. The molecule has 3 rings (SSSR count). The summed E-state index contributed by atoms with van der Waals surface area (Å²) in [6.45, 7) is 1.75. The van der Waals surface area contributed by atoms with E-state index < -0.39 is 21.8 Å². The highest BCUT2D eigenvalue weighted by molar-refractivity contribution is 7.92. The van der Waals surface area contributed by atoms with Crippen molar-refractivity contribution in [1.82, 2.24) is 4.90 Å². The monoisotopic (exact) mass is 376 g/mol. The van der Waals surface area contributed by atoms with Crippen molar-refractivity contribution in [2.75, 3.05) is 17.0 Å². The van der Waals surface area contributed by atoms with Gasteiger partial charge in [-0.15, -0.1) is 0 Å². The number of sulfonamides is 1. The van der Waals surface area contributed by atoms with E-state index in [-0.39, 0.29) is 17.8 Å². The van der Waals surface area contributed by atoms with Gasteiger partial charge in [-0.1, -0.05) is 37.3 Å². The lowest BCUT2D eigenvalue weighted by Crippen LogP contribution is -2.35. The molecule has 2 amide bonds. The van der Waals surface area contributed by atoms with Crippen molar-refractivity contribution < 1.29 is 23.5 Å². The van der Waals surface area contributed by atoms with Gasteiger partial charge in [0.2, 0.25) is 10.0 Å². The largest absolute Gasteiger partial charge is 0.412 e. The van der Waals surface area contributed by atoms with Crippen LogP contribution in [-0.2, 0) is 16.4 Å². The van der Waals surface area contributed by atoms with E-state index in [0.717, 1.165) is 10.5 Å². The van der Waals surface area contributed by atoms with E-state index >= 15 is 0 Å². The van der Waals surface area contributed by atoms with Gasteiger partial charge >= 0.3 is 0 Å². The topological polar surface area (TPSA) is 115 Å². The Kier molecular flexibility index (Phi) is 5.79. The molecular formula is C18H20N2O5S. The van der Waals surface area contributed by atoms with Gasteiger partial charge in [0.25, 0.3) is 11.8 Å². The molecule has 0 spiro atoms. The summed E-state index contributed by atoms with van der Waals surface area (Å²) in [5.41, 5.74) is 2.03. The van der Waals surface area contributed by atoms with Gasteiger partial charge in [0.05, 0.1) is 22.6 Å². The van der Waals surface area contributed by atoms with Crippen LogP contribution in [0.4, 0.5) is 5.69 Å². The lowest BCUT2D eigenvalue weighted by atomic mass is 10.1. The molecule has 26 heavy (non-hydrogen) atoms. The van der Waals surface area contributed by atoms with E-state index in [1.165, 1.54) is 0 Å². The summed E-state index contributed by atoms with van der Waals surface area (Å²) in [6.07, 6.45) is 0.692. The van der Waals surface area contributed by atoms with Gasteiger partial charge in [0.15, 0.2) is 0 Å². The summed E-state index contributed by atoms with van der Waals surface area (Å²) in [6, 6.07) is 13.6. The number of nitrogens with one attached hydrogen (secondary N) is 1. The summed E-state index contributed by atoms with van der Waals surface area (Å²) in [5, 5.41) is 0. The van der Waals surface area contributed by atoms with E-state index in [4.69, 9.17) is 0 Å². The Morgan fingerprint density at radius 1 is 0.923 bits per heavy atom. The van der Waals surface area contributed by atoms with Crippen molar-refractivity contribution >= 4 is 27.5 Å². The van der Waals surface area contributed by atoms with Gasteiger partial charge in [-0.3, -0.25) is 19.2 Å². The Labute approximate surface area is 152 Å². The van der Waals surface area contributed by atoms with Crippen LogP contribution in [0, 0.1) is 0 Å². The van der Waals surface area contributed by atoms with Crippen molar-refractivity contribution in [2.45, 2.75) is 13.3 Å². The molecule has 2 aromatic carbocycles. The van der Waals surface area contributed by atoms with Crippen LogP contribution in [0.3, 0.4) is 0 Å². The van der Waals surface area contributed by atoms with Gasteiger partial charge < -0.3 is 5.48 Å². The van der Waals surface area contributed by atoms with Crippen molar-refractivity contribution in [1.29, 1.82) is 0 Å². The molecule has 3 N–H and O–H groups in total. The minimum atomic E-state index is -3.68. The van der Waals surface area contributed by atoms with Crippen molar-refractivity contribution in [3.63, 3.8) is 0 Å². The van der Waals surface area contributed by atoms with Crippen molar-refractivity contribution in [3.8, 4) is 0 Å². The summed E-state index contributed by atoms with van der Waals surface area (Å²) in [4.78, 5) is 25.5. The van der Waals surface area contributed by atoms with Crippen molar-refractivity contribution in [3.05, 3.63) is 65.2 Å². The fourth-order valence-electron chi connectivity index (χ4n) is 2.80. The highest BCUT2D eigenvalue weighted by Gasteiger charge is 2.35. The van der Waals surface area contributed by atoms with Crippen molar-refractivity contribution in [2.24, 2.45) is 0 Å². The number of hydrogen-bond acceptors (Lipinski definition) is 4. The Balaban J connectivity index is 0.00000243. The number of carbonyl (C=O) groups excluding carboxylic acids is 2. The zero-order valence-electron chi connectivity index (χ0n) is 14.2. The standard InChI is InChI=1S/C18H18N2O4S.H2O/c1-2-13-7-3-6-10-16(13)19-25(23,24)12-11-20-17(21)14-8-4-5-9-15(14)18(20)22;/h3-10,19H,2,11-12H2,1H3;1H2. The molecule has 138 valence electrons. The Hall–Kier alpha value is -2.71. The normalized spacial score (nSPS) is 13.3. The second kappa shape index (κ2) is 7.67. The van der Waals surface area contributed by atoms with Crippen LogP contribution in [0.1, 0.15) is 33.2 Å².